The Bertz CT molecular complexity index is 800. The van der Waals surface area contributed by atoms with Gasteiger partial charge in [-0.2, -0.15) is 0 Å². The van der Waals surface area contributed by atoms with Gasteiger partial charge in [-0.1, -0.05) is 36.1 Å². The summed E-state index contributed by atoms with van der Waals surface area (Å²) >= 11 is 1.42. The third kappa shape index (κ3) is 4.02. The summed E-state index contributed by atoms with van der Waals surface area (Å²) < 4.78 is 0. The molecule has 24 heavy (non-hydrogen) atoms. The molecule has 1 N–H and O–H groups in total. The highest BCUT2D eigenvalue weighted by molar-refractivity contribution is 7.13. The molecule has 1 aromatic carbocycles. The van der Waals surface area contributed by atoms with Crippen LogP contribution in [0.25, 0.3) is 0 Å². The maximum Gasteiger partial charge on any atom is 0.264 e. The van der Waals surface area contributed by atoms with E-state index in [1.165, 1.54) is 22.5 Å². The Morgan fingerprint density at radius 2 is 2.08 bits per heavy atom. The van der Waals surface area contributed by atoms with Crippen LogP contribution < -0.4 is 5.32 Å². The smallest absolute Gasteiger partial charge is 0.264 e. The molecule has 0 saturated carbocycles. The van der Waals surface area contributed by atoms with E-state index in [1.807, 2.05) is 13.8 Å². The van der Waals surface area contributed by atoms with Gasteiger partial charge in [0.2, 0.25) is 0 Å². The second-order valence-corrected chi connectivity index (χ2v) is 7.12. The van der Waals surface area contributed by atoms with E-state index in [0.29, 0.717) is 11.4 Å². The van der Waals surface area contributed by atoms with Crippen molar-refractivity contribution >= 4 is 17.2 Å². The van der Waals surface area contributed by atoms with Crippen LogP contribution in [0.2, 0.25) is 0 Å². The van der Waals surface area contributed by atoms with Crippen molar-refractivity contribution in [2.75, 3.05) is 19.6 Å². The van der Waals surface area contributed by atoms with Gasteiger partial charge >= 0.3 is 0 Å². The molecule has 0 fully saturated rings. The fourth-order valence-electron chi connectivity index (χ4n) is 2.87. The van der Waals surface area contributed by atoms with E-state index >= 15 is 0 Å². The molecule has 1 amide bonds. The van der Waals surface area contributed by atoms with Gasteiger partial charge in [0.1, 0.15) is 4.88 Å². The molecule has 2 heterocycles. The van der Waals surface area contributed by atoms with Crippen molar-refractivity contribution in [3.63, 3.8) is 0 Å². The van der Waals surface area contributed by atoms with Crippen LogP contribution in [0.1, 0.15) is 31.5 Å². The SMILES string of the molecule is Cc1nc(C)c(C(=O)NCC#CCN2CCc3ccccc3C2)s1. The van der Waals surface area contributed by atoms with Gasteiger partial charge in [0, 0.05) is 13.1 Å². The van der Waals surface area contributed by atoms with E-state index in [-0.39, 0.29) is 5.91 Å². The minimum absolute atomic E-state index is 0.0840. The average Bonchev–Trinajstić information content (AvgIpc) is 2.92. The van der Waals surface area contributed by atoms with Crippen molar-refractivity contribution in [3.8, 4) is 11.8 Å². The Morgan fingerprint density at radius 1 is 1.29 bits per heavy atom. The predicted octanol–water partition coefficient (Wildman–Crippen LogP) is 2.55. The Labute approximate surface area is 146 Å². The summed E-state index contributed by atoms with van der Waals surface area (Å²) in [5.74, 6) is 6.12. The molecule has 124 valence electrons. The van der Waals surface area contributed by atoms with Gasteiger partial charge in [-0.3, -0.25) is 9.69 Å². The predicted molar refractivity (Wildman–Crippen MR) is 97.1 cm³/mol. The zero-order chi connectivity index (χ0) is 16.9. The summed E-state index contributed by atoms with van der Waals surface area (Å²) in [5, 5.41) is 3.76. The molecule has 1 aliphatic rings. The van der Waals surface area contributed by atoms with E-state index in [4.69, 9.17) is 0 Å². The number of nitrogens with zero attached hydrogens (tertiary/aromatic N) is 2. The zero-order valence-corrected chi connectivity index (χ0v) is 14.9. The number of hydrogen-bond acceptors (Lipinski definition) is 4. The van der Waals surface area contributed by atoms with Crippen molar-refractivity contribution in [1.82, 2.24) is 15.2 Å². The molecule has 1 aromatic heterocycles. The number of fused-ring (bicyclic) bond motifs is 1. The van der Waals surface area contributed by atoms with Crippen LogP contribution in [0.15, 0.2) is 24.3 Å². The molecular weight excluding hydrogens is 318 g/mol. The number of carbonyl (C=O) groups excluding carboxylic acids is 1. The average molecular weight is 339 g/mol. The van der Waals surface area contributed by atoms with Crippen LogP contribution in [0.5, 0.6) is 0 Å². The Balaban J connectivity index is 1.46. The number of carbonyl (C=O) groups is 1. The molecule has 0 radical (unpaired) electrons. The molecule has 0 atom stereocenters. The van der Waals surface area contributed by atoms with Crippen molar-refractivity contribution in [1.29, 1.82) is 0 Å². The number of nitrogens with one attached hydrogen (secondary N) is 1. The highest BCUT2D eigenvalue weighted by atomic mass is 32.1. The van der Waals surface area contributed by atoms with E-state index in [0.717, 1.165) is 36.8 Å². The first-order valence-electron chi connectivity index (χ1n) is 8.10. The lowest BCUT2D eigenvalue weighted by Gasteiger charge is -2.26. The van der Waals surface area contributed by atoms with Crippen LogP contribution in [-0.2, 0) is 13.0 Å². The lowest BCUT2D eigenvalue weighted by atomic mass is 10.0. The number of thiazole rings is 1. The number of rotatable bonds is 3. The van der Waals surface area contributed by atoms with Crippen LogP contribution in [0.3, 0.4) is 0 Å². The Hall–Kier alpha value is -2.16. The molecule has 0 bridgehead atoms. The number of amides is 1. The molecule has 4 nitrogen and oxygen atoms in total. The maximum absolute atomic E-state index is 12.1. The summed E-state index contributed by atoms with van der Waals surface area (Å²) in [6.07, 6.45) is 1.08. The minimum Gasteiger partial charge on any atom is -0.340 e. The molecule has 2 aromatic rings. The highest BCUT2D eigenvalue weighted by Gasteiger charge is 2.14. The fraction of sp³-hybridized carbons (Fsp3) is 0.368. The molecule has 5 heteroatoms. The van der Waals surface area contributed by atoms with Crippen LogP contribution in [0.4, 0.5) is 0 Å². The van der Waals surface area contributed by atoms with Gasteiger partial charge in [0.25, 0.3) is 5.91 Å². The van der Waals surface area contributed by atoms with Gasteiger partial charge in [-0.15, -0.1) is 11.3 Å². The molecule has 1 aliphatic heterocycles. The van der Waals surface area contributed by atoms with Crippen molar-refractivity contribution < 1.29 is 4.79 Å². The van der Waals surface area contributed by atoms with Gasteiger partial charge in [-0.25, -0.2) is 4.98 Å². The topological polar surface area (TPSA) is 45.2 Å². The summed E-state index contributed by atoms with van der Waals surface area (Å²) in [4.78, 5) is 19.4. The maximum atomic E-state index is 12.1. The normalized spacial score (nSPS) is 13.8. The molecule has 0 spiro atoms. The van der Waals surface area contributed by atoms with Crippen LogP contribution in [-0.4, -0.2) is 35.4 Å². The molecule has 3 rings (SSSR count). The van der Waals surface area contributed by atoms with Gasteiger partial charge in [0.15, 0.2) is 0 Å². The van der Waals surface area contributed by atoms with Gasteiger partial charge in [-0.05, 0) is 31.4 Å². The largest absolute Gasteiger partial charge is 0.340 e. The van der Waals surface area contributed by atoms with Gasteiger partial charge < -0.3 is 5.32 Å². The summed E-state index contributed by atoms with van der Waals surface area (Å²) in [6, 6.07) is 8.58. The van der Waals surface area contributed by atoms with E-state index < -0.39 is 0 Å². The quantitative estimate of drug-likeness (QED) is 0.874. The molecule has 0 aliphatic carbocycles. The third-order valence-electron chi connectivity index (χ3n) is 4.08. The molecule has 0 saturated heterocycles. The fourth-order valence-corrected chi connectivity index (χ4v) is 3.70. The first-order valence-corrected chi connectivity index (χ1v) is 8.92. The number of hydrogen-bond donors (Lipinski definition) is 1. The molecular formula is C19H21N3OS. The van der Waals surface area contributed by atoms with Gasteiger partial charge in [0.05, 0.1) is 23.8 Å². The standard InChI is InChI=1S/C19H21N3OS/c1-14-18(24-15(2)21-14)19(23)20-10-5-6-11-22-12-9-16-7-3-4-8-17(16)13-22/h3-4,7-8H,9-13H2,1-2H3,(H,20,23). The third-order valence-corrected chi connectivity index (χ3v) is 5.16. The second-order valence-electron chi connectivity index (χ2n) is 5.91. The number of aryl methyl sites for hydroxylation is 2. The first kappa shape index (κ1) is 16.7. The lowest BCUT2D eigenvalue weighted by molar-refractivity contribution is 0.0962. The Morgan fingerprint density at radius 3 is 2.83 bits per heavy atom. The zero-order valence-electron chi connectivity index (χ0n) is 14.1. The van der Waals surface area contributed by atoms with Crippen LogP contribution >= 0.6 is 11.3 Å². The monoisotopic (exact) mass is 339 g/mol. The van der Waals surface area contributed by atoms with Crippen molar-refractivity contribution in [2.24, 2.45) is 0 Å². The minimum atomic E-state index is -0.0840. The lowest BCUT2D eigenvalue weighted by Crippen LogP contribution is -2.30. The van der Waals surface area contributed by atoms with Crippen molar-refractivity contribution in [2.45, 2.75) is 26.8 Å². The van der Waals surface area contributed by atoms with Crippen LogP contribution in [0, 0.1) is 25.7 Å². The summed E-state index contributed by atoms with van der Waals surface area (Å²) in [7, 11) is 0. The summed E-state index contributed by atoms with van der Waals surface area (Å²) in [6.45, 7) is 6.87. The highest BCUT2D eigenvalue weighted by Crippen LogP contribution is 2.18. The first-order chi connectivity index (χ1) is 11.6. The molecule has 0 unspecified atom stereocenters. The van der Waals surface area contributed by atoms with E-state index in [9.17, 15) is 4.79 Å². The summed E-state index contributed by atoms with van der Waals surface area (Å²) in [5.41, 5.74) is 3.63. The Kier molecular flexibility index (Phi) is 5.29. The van der Waals surface area contributed by atoms with Crippen molar-refractivity contribution in [3.05, 3.63) is 51.0 Å². The number of benzene rings is 1. The number of aromatic nitrogens is 1. The van der Waals surface area contributed by atoms with E-state index in [1.54, 1.807) is 0 Å². The van der Waals surface area contributed by atoms with E-state index in [2.05, 4.69) is 51.3 Å². The second kappa shape index (κ2) is 7.61.